The highest BCUT2D eigenvalue weighted by atomic mass is 16.5. The molecule has 0 aromatic heterocycles. The van der Waals surface area contributed by atoms with Crippen LogP contribution in [0.4, 0.5) is 5.69 Å². The number of benzene rings is 1. The van der Waals surface area contributed by atoms with Gasteiger partial charge in [-0.2, -0.15) is 0 Å². The summed E-state index contributed by atoms with van der Waals surface area (Å²) in [6.07, 6.45) is 7.17. The number of amides is 2. The minimum Gasteiger partial charge on any atom is -0.494 e. The van der Waals surface area contributed by atoms with Crippen molar-refractivity contribution in [2.75, 3.05) is 19.8 Å². The molecule has 168 valence electrons. The van der Waals surface area contributed by atoms with Crippen molar-refractivity contribution >= 4 is 23.5 Å². The molecule has 2 aliphatic heterocycles. The number of carbonyl (C=O) groups is 2. The van der Waals surface area contributed by atoms with Gasteiger partial charge in [-0.15, -0.1) is 0 Å². The van der Waals surface area contributed by atoms with Gasteiger partial charge in [-0.1, -0.05) is 25.3 Å². The third-order valence-electron chi connectivity index (χ3n) is 6.46. The normalized spacial score (nSPS) is 20.6. The summed E-state index contributed by atoms with van der Waals surface area (Å²) in [6, 6.07) is 5.51. The Kier molecular flexibility index (Phi) is 6.75. The van der Waals surface area contributed by atoms with Gasteiger partial charge in [0.25, 0.3) is 5.91 Å². The fourth-order valence-corrected chi connectivity index (χ4v) is 4.77. The van der Waals surface area contributed by atoms with Crippen molar-refractivity contribution in [3.63, 3.8) is 0 Å². The summed E-state index contributed by atoms with van der Waals surface area (Å²) in [4.78, 5) is 32.9. The van der Waals surface area contributed by atoms with Crippen molar-refractivity contribution < 1.29 is 19.4 Å². The smallest absolute Gasteiger partial charge is 0.251 e. The quantitative estimate of drug-likeness (QED) is 0.620. The van der Waals surface area contributed by atoms with Crippen LogP contribution < -0.4 is 10.1 Å². The van der Waals surface area contributed by atoms with Crippen LogP contribution in [0, 0.1) is 0 Å². The van der Waals surface area contributed by atoms with E-state index in [1.54, 1.807) is 4.90 Å². The van der Waals surface area contributed by atoms with E-state index in [1.165, 1.54) is 19.3 Å². The fraction of sp³-hybridized carbons (Fsp3) is 0.609. The van der Waals surface area contributed by atoms with Crippen molar-refractivity contribution in [1.29, 1.82) is 0 Å². The van der Waals surface area contributed by atoms with Gasteiger partial charge in [0.2, 0.25) is 11.9 Å². The number of guanidine groups is 1. The van der Waals surface area contributed by atoms with Crippen LogP contribution in [0.15, 0.2) is 23.2 Å². The van der Waals surface area contributed by atoms with E-state index in [0.29, 0.717) is 43.7 Å². The lowest BCUT2D eigenvalue weighted by molar-refractivity contribution is -0.134. The molecule has 2 N–H and O–H groups in total. The predicted octanol–water partition coefficient (Wildman–Crippen LogP) is 2.32. The first kappa shape index (κ1) is 21.6. The molecule has 8 nitrogen and oxygen atoms in total. The first-order chi connectivity index (χ1) is 15.1. The van der Waals surface area contributed by atoms with Gasteiger partial charge < -0.3 is 19.6 Å². The maximum Gasteiger partial charge on any atom is 0.251 e. The minimum atomic E-state index is -0.586. The number of aliphatic hydroxyl groups excluding tert-OH is 1. The summed E-state index contributed by atoms with van der Waals surface area (Å²) in [5, 5.41) is 12.2. The molecule has 8 heteroatoms. The Bertz CT molecular complexity index is 850. The number of nitrogens with one attached hydrogen (secondary N) is 1. The first-order valence-corrected chi connectivity index (χ1v) is 11.4. The highest BCUT2D eigenvalue weighted by Gasteiger charge is 2.38. The number of fused-ring (bicyclic) bond motifs is 2. The van der Waals surface area contributed by atoms with Gasteiger partial charge in [-0.05, 0) is 37.8 Å². The van der Waals surface area contributed by atoms with Crippen molar-refractivity contribution in [2.24, 2.45) is 4.99 Å². The molecule has 1 saturated carbocycles. The molecule has 2 heterocycles. The molecule has 1 saturated heterocycles. The second kappa shape index (κ2) is 9.68. The number of hydrogen-bond donors (Lipinski definition) is 2. The van der Waals surface area contributed by atoms with Gasteiger partial charge >= 0.3 is 0 Å². The molecule has 2 amide bonds. The summed E-state index contributed by atoms with van der Waals surface area (Å²) < 4.78 is 5.88. The van der Waals surface area contributed by atoms with Gasteiger partial charge in [0.05, 0.1) is 18.9 Å². The van der Waals surface area contributed by atoms with E-state index in [1.807, 2.05) is 18.2 Å². The van der Waals surface area contributed by atoms with Crippen molar-refractivity contribution in [3.8, 4) is 5.75 Å². The second-order valence-electron chi connectivity index (χ2n) is 8.47. The monoisotopic (exact) mass is 428 g/mol. The van der Waals surface area contributed by atoms with Crippen molar-refractivity contribution in [3.05, 3.63) is 23.8 Å². The van der Waals surface area contributed by atoms with Crippen LogP contribution in [0.3, 0.4) is 0 Å². The lowest BCUT2D eigenvalue weighted by Gasteiger charge is -2.33. The number of carbonyl (C=O) groups excluding carboxylic acids is 2. The zero-order valence-corrected chi connectivity index (χ0v) is 18.2. The number of rotatable bonds is 8. The second-order valence-corrected chi connectivity index (χ2v) is 8.47. The Labute approximate surface area is 183 Å². The number of hydrogen-bond acceptors (Lipinski definition) is 6. The molecule has 1 aromatic rings. The zero-order chi connectivity index (χ0) is 21.8. The number of aliphatic imine (C=N–C) groups is 1. The predicted molar refractivity (Wildman–Crippen MR) is 117 cm³/mol. The third-order valence-corrected chi connectivity index (χ3v) is 6.46. The Morgan fingerprint density at radius 2 is 2.13 bits per heavy atom. The Morgan fingerprint density at radius 1 is 1.32 bits per heavy atom. The third kappa shape index (κ3) is 4.69. The van der Waals surface area contributed by atoms with E-state index >= 15 is 0 Å². The lowest BCUT2D eigenvalue weighted by Crippen LogP contribution is -2.41. The summed E-state index contributed by atoms with van der Waals surface area (Å²) >= 11 is 0. The van der Waals surface area contributed by atoms with E-state index in [4.69, 9.17) is 4.74 Å². The Balaban J connectivity index is 1.29. The first-order valence-electron chi connectivity index (χ1n) is 11.4. The maximum atomic E-state index is 12.7. The molecule has 1 aromatic carbocycles. The average Bonchev–Trinajstić information content (AvgIpc) is 3.10. The molecule has 31 heavy (non-hydrogen) atoms. The SMILES string of the molecule is CCN(C(=O)CCCOc1ccc2c(c1)N=C1NC(=O)C(CO)N1C2)C1CCCCC1. The molecule has 4 rings (SSSR count). The summed E-state index contributed by atoms with van der Waals surface area (Å²) in [5.74, 6) is 1.17. The topological polar surface area (TPSA) is 94.5 Å². The van der Waals surface area contributed by atoms with Gasteiger partial charge in [0, 0.05) is 31.6 Å². The van der Waals surface area contributed by atoms with E-state index in [9.17, 15) is 14.7 Å². The molecule has 1 aliphatic carbocycles. The van der Waals surface area contributed by atoms with Crippen molar-refractivity contribution in [2.45, 2.75) is 70.5 Å². The Hall–Kier alpha value is -2.61. The molecule has 0 bridgehead atoms. The molecule has 1 atom stereocenters. The van der Waals surface area contributed by atoms with E-state index in [0.717, 1.165) is 30.6 Å². The molecule has 3 aliphatic rings. The van der Waals surface area contributed by atoms with Crippen LogP contribution in [0.1, 0.15) is 57.4 Å². The molecule has 0 radical (unpaired) electrons. The highest BCUT2D eigenvalue weighted by Crippen LogP contribution is 2.32. The molecule has 0 spiro atoms. The van der Waals surface area contributed by atoms with Crippen LogP contribution >= 0.6 is 0 Å². The van der Waals surface area contributed by atoms with Crippen LogP contribution in [-0.2, 0) is 16.1 Å². The fourth-order valence-electron chi connectivity index (χ4n) is 4.77. The maximum absolute atomic E-state index is 12.7. The lowest BCUT2D eigenvalue weighted by atomic mass is 9.94. The number of ether oxygens (including phenoxy) is 1. The van der Waals surface area contributed by atoms with Gasteiger partial charge in [-0.3, -0.25) is 14.9 Å². The van der Waals surface area contributed by atoms with Crippen molar-refractivity contribution in [1.82, 2.24) is 15.1 Å². The Morgan fingerprint density at radius 3 is 2.87 bits per heavy atom. The summed E-state index contributed by atoms with van der Waals surface area (Å²) in [7, 11) is 0. The van der Waals surface area contributed by atoms with Crippen LogP contribution in [0.5, 0.6) is 5.75 Å². The molecule has 1 unspecified atom stereocenters. The zero-order valence-electron chi connectivity index (χ0n) is 18.2. The molecular formula is C23H32N4O4. The van der Waals surface area contributed by atoms with Crippen LogP contribution in [0.25, 0.3) is 0 Å². The standard InChI is InChI=1S/C23H32N4O4/c1-2-26(17-7-4-3-5-8-17)21(29)9-6-12-31-18-11-10-16-14-27-20(15-28)22(30)25-23(27)24-19(16)13-18/h10-11,13,17,20,28H,2-9,12,14-15H2,1H3,(H,24,25,30). The highest BCUT2D eigenvalue weighted by molar-refractivity contribution is 6.07. The number of aliphatic hydroxyl groups is 1. The van der Waals surface area contributed by atoms with Gasteiger partial charge in [0.15, 0.2) is 0 Å². The van der Waals surface area contributed by atoms with E-state index < -0.39 is 6.04 Å². The minimum absolute atomic E-state index is 0.227. The molecular weight excluding hydrogens is 396 g/mol. The van der Waals surface area contributed by atoms with Crippen LogP contribution in [-0.4, -0.2) is 64.5 Å². The van der Waals surface area contributed by atoms with E-state index in [-0.39, 0.29) is 18.4 Å². The average molecular weight is 429 g/mol. The van der Waals surface area contributed by atoms with E-state index in [2.05, 4.69) is 22.1 Å². The summed E-state index contributed by atoms with van der Waals surface area (Å²) in [6.45, 7) is 3.59. The van der Waals surface area contributed by atoms with Gasteiger partial charge in [0.1, 0.15) is 11.8 Å². The largest absolute Gasteiger partial charge is 0.494 e. The van der Waals surface area contributed by atoms with Gasteiger partial charge in [-0.25, -0.2) is 4.99 Å². The van der Waals surface area contributed by atoms with Crippen LogP contribution in [0.2, 0.25) is 0 Å². The summed E-state index contributed by atoms with van der Waals surface area (Å²) in [5.41, 5.74) is 1.74. The molecule has 2 fully saturated rings. The number of nitrogens with zero attached hydrogens (tertiary/aromatic N) is 3.